The van der Waals surface area contributed by atoms with E-state index in [9.17, 15) is 14.7 Å². The van der Waals surface area contributed by atoms with E-state index in [-0.39, 0.29) is 30.9 Å². The maximum Gasteiger partial charge on any atom is 0.225 e. The van der Waals surface area contributed by atoms with Gasteiger partial charge < -0.3 is 20.5 Å². The Bertz CT molecular complexity index is 303. The van der Waals surface area contributed by atoms with Crippen molar-refractivity contribution in [1.82, 2.24) is 10.6 Å². The fourth-order valence-corrected chi connectivity index (χ4v) is 2.09. The molecule has 0 aromatic carbocycles. The summed E-state index contributed by atoms with van der Waals surface area (Å²) in [6.45, 7) is 1.41. The molecule has 0 saturated carbocycles. The third-order valence-electron chi connectivity index (χ3n) is 3.31. The molecule has 96 valence electrons. The van der Waals surface area contributed by atoms with Gasteiger partial charge in [0.05, 0.1) is 12.5 Å². The average molecular weight is 242 g/mol. The van der Waals surface area contributed by atoms with Gasteiger partial charge in [-0.05, 0) is 6.42 Å². The van der Waals surface area contributed by atoms with Gasteiger partial charge in [-0.1, -0.05) is 0 Å². The highest BCUT2D eigenvalue weighted by molar-refractivity contribution is 5.83. The van der Waals surface area contributed by atoms with Crippen LogP contribution in [0.2, 0.25) is 0 Å². The normalized spacial score (nSPS) is 33.2. The molecule has 0 spiro atoms. The molecule has 2 aliphatic heterocycles. The lowest BCUT2D eigenvalue weighted by molar-refractivity contribution is -0.129. The van der Waals surface area contributed by atoms with Crippen molar-refractivity contribution in [3.8, 4) is 0 Å². The topological polar surface area (TPSA) is 87.7 Å². The molecule has 0 bridgehead atoms. The van der Waals surface area contributed by atoms with Crippen molar-refractivity contribution in [2.45, 2.75) is 24.9 Å². The molecule has 2 rings (SSSR count). The maximum absolute atomic E-state index is 11.8. The van der Waals surface area contributed by atoms with Crippen LogP contribution in [0.5, 0.6) is 0 Å². The Morgan fingerprint density at radius 1 is 1.65 bits per heavy atom. The summed E-state index contributed by atoms with van der Waals surface area (Å²) in [6.07, 6.45) is 1.52. The summed E-state index contributed by atoms with van der Waals surface area (Å²) in [7, 11) is 0. The Morgan fingerprint density at radius 3 is 3.06 bits per heavy atom. The summed E-state index contributed by atoms with van der Waals surface area (Å²) in [5.41, 5.74) is -0.923. The van der Waals surface area contributed by atoms with E-state index < -0.39 is 5.60 Å². The van der Waals surface area contributed by atoms with E-state index in [0.717, 1.165) is 0 Å². The highest BCUT2D eigenvalue weighted by Gasteiger charge is 2.33. The Balaban J connectivity index is 1.75. The van der Waals surface area contributed by atoms with Gasteiger partial charge >= 0.3 is 0 Å². The fraction of sp³-hybridized carbons (Fsp3) is 0.818. The summed E-state index contributed by atoms with van der Waals surface area (Å²) in [4.78, 5) is 22.7. The van der Waals surface area contributed by atoms with Crippen molar-refractivity contribution < 1.29 is 19.4 Å². The van der Waals surface area contributed by atoms with Crippen LogP contribution in [-0.2, 0) is 14.3 Å². The first-order valence-corrected chi connectivity index (χ1v) is 5.94. The Hall–Kier alpha value is -1.14. The molecule has 0 aromatic heterocycles. The summed E-state index contributed by atoms with van der Waals surface area (Å²) in [6, 6.07) is 0. The molecular formula is C11H18N2O4. The van der Waals surface area contributed by atoms with Crippen molar-refractivity contribution >= 4 is 11.8 Å². The lowest BCUT2D eigenvalue weighted by Crippen LogP contribution is -2.48. The number of carbonyl (C=O) groups excluding carboxylic acids is 2. The molecule has 6 heteroatoms. The number of ether oxygens (including phenoxy) is 1. The summed E-state index contributed by atoms with van der Waals surface area (Å²) >= 11 is 0. The van der Waals surface area contributed by atoms with Gasteiger partial charge in [-0.2, -0.15) is 0 Å². The zero-order valence-electron chi connectivity index (χ0n) is 9.70. The molecule has 17 heavy (non-hydrogen) atoms. The zero-order chi connectivity index (χ0) is 12.3. The second kappa shape index (κ2) is 5.01. The lowest BCUT2D eigenvalue weighted by Gasteiger charge is -2.25. The number of amides is 2. The SMILES string of the molecule is O=C1CCC(C(=O)NCC2(O)CCOC2)CN1. The molecule has 2 atom stereocenters. The van der Waals surface area contributed by atoms with Crippen LogP contribution >= 0.6 is 0 Å². The number of hydrogen-bond donors (Lipinski definition) is 3. The van der Waals surface area contributed by atoms with E-state index in [1.54, 1.807) is 0 Å². The predicted octanol–water partition coefficient (Wildman–Crippen LogP) is -1.22. The van der Waals surface area contributed by atoms with Gasteiger partial charge in [0.1, 0.15) is 5.60 Å². The summed E-state index contributed by atoms with van der Waals surface area (Å²) in [5, 5.41) is 15.4. The van der Waals surface area contributed by atoms with Gasteiger partial charge in [0.25, 0.3) is 0 Å². The van der Waals surface area contributed by atoms with Crippen molar-refractivity contribution in [2.24, 2.45) is 5.92 Å². The lowest BCUT2D eigenvalue weighted by atomic mass is 9.97. The first-order chi connectivity index (χ1) is 8.09. The van der Waals surface area contributed by atoms with Crippen LogP contribution in [0.4, 0.5) is 0 Å². The monoisotopic (exact) mass is 242 g/mol. The highest BCUT2D eigenvalue weighted by atomic mass is 16.5. The van der Waals surface area contributed by atoms with Crippen molar-refractivity contribution in [2.75, 3.05) is 26.3 Å². The minimum Gasteiger partial charge on any atom is -0.386 e. The molecular weight excluding hydrogens is 224 g/mol. The second-order valence-corrected chi connectivity index (χ2v) is 4.78. The number of piperidine rings is 1. The molecule has 0 aliphatic carbocycles. The van der Waals surface area contributed by atoms with Crippen LogP contribution in [-0.4, -0.2) is 48.8 Å². The molecule has 0 aromatic rings. The first kappa shape index (κ1) is 12.3. The largest absolute Gasteiger partial charge is 0.386 e. The second-order valence-electron chi connectivity index (χ2n) is 4.78. The Kier molecular flexibility index (Phi) is 3.63. The van der Waals surface area contributed by atoms with E-state index in [0.29, 0.717) is 32.4 Å². The highest BCUT2D eigenvalue weighted by Crippen LogP contribution is 2.17. The van der Waals surface area contributed by atoms with Crippen LogP contribution in [0.3, 0.4) is 0 Å². The van der Waals surface area contributed by atoms with Crippen LogP contribution in [0.25, 0.3) is 0 Å². The molecule has 2 unspecified atom stereocenters. The minimum absolute atomic E-state index is 0.00290. The Labute approximate surface area is 99.7 Å². The van der Waals surface area contributed by atoms with Crippen molar-refractivity contribution in [3.63, 3.8) is 0 Å². The third kappa shape index (κ3) is 3.17. The van der Waals surface area contributed by atoms with Gasteiger partial charge in [-0.3, -0.25) is 9.59 Å². The number of aliphatic hydroxyl groups is 1. The first-order valence-electron chi connectivity index (χ1n) is 5.94. The van der Waals surface area contributed by atoms with Gasteiger partial charge in [0, 0.05) is 32.5 Å². The number of rotatable bonds is 3. The summed E-state index contributed by atoms with van der Waals surface area (Å²) in [5.74, 6) is -0.291. The molecule has 6 nitrogen and oxygen atoms in total. The molecule has 3 N–H and O–H groups in total. The van der Waals surface area contributed by atoms with E-state index in [2.05, 4.69) is 10.6 Å². The van der Waals surface area contributed by atoms with Crippen LogP contribution in [0, 0.1) is 5.92 Å². The van der Waals surface area contributed by atoms with E-state index in [4.69, 9.17) is 4.74 Å². The number of carbonyl (C=O) groups is 2. The van der Waals surface area contributed by atoms with Gasteiger partial charge in [0.2, 0.25) is 11.8 Å². The quantitative estimate of drug-likeness (QED) is 0.579. The zero-order valence-corrected chi connectivity index (χ0v) is 9.70. The Morgan fingerprint density at radius 2 is 2.47 bits per heavy atom. The maximum atomic E-state index is 11.8. The van der Waals surface area contributed by atoms with Crippen LogP contribution in [0.15, 0.2) is 0 Å². The van der Waals surface area contributed by atoms with Gasteiger partial charge in [0.15, 0.2) is 0 Å². The molecule has 2 amide bonds. The van der Waals surface area contributed by atoms with Gasteiger partial charge in [-0.15, -0.1) is 0 Å². The fourth-order valence-electron chi connectivity index (χ4n) is 2.09. The van der Waals surface area contributed by atoms with Gasteiger partial charge in [-0.25, -0.2) is 0 Å². The van der Waals surface area contributed by atoms with E-state index >= 15 is 0 Å². The number of nitrogens with one attached hydrogen (secondary N) is 2. The molecule has 2 fully saturated rings. The predicted molar refractivity (Wildman–Crippen MR) is 59.1 cm³/mol. The molecule has 2 heterocycles. The number of hydrogen-bond acceptors (Lipinski definition) is 4. The minimum atomic E-state index is -0.923. The van der Waals surface area contributed by atoms with E-state index in [1.807, 2.05) is 0 Å². The smallest absolute Gasteiger partial charge is 0.225 e. The standard InChI is InChI=1S/C11H18N2O4/c14-9-2-1-8(5-12-9)10(15)13-6-11(16)3-4-17-7-11/h8,16H,1-7H2,(H,12,14)(H,13,15). The molecule has 0 radical (unpaired) electrons. The summed E-state index contributed by atoms with van der Waals surface area (Å²) < 4.78 is 5.09. The van der Waals surface area contributed by atoms with Crippen LogP contribution < -0.4 is 10.6 Å². The van der Waals surface area contributed by atoms with Crippen LogP contribution in [0.1, 0.15) is 19.3 Å². The van der Waals surface area contributed by atoms with Crippen molar-refractivity contribution in [1.29, 1.82) is 0 Å². The van der Waals surface area contributed by atoms with E-state index in [1.165, 1.54) is 0 Å². The van der Waals surface area contributed by atoms with Crippen molar-refractivity contribution in [3.05, 3.63) is 0 Å². The molecule has 2 saturated heterocycles. The third-order valence-corrected chi connectivity index (χ3v) is 3.31. The molecule has 2 aliphatic rings. The average Bonchev–Trinajstić information content (AvgIpc) is 2.75.